The Balaban J connectivity index is 1.83. The Labute approximate surface area is 138 Å². The van der Waals surface area contributed by atoms with E-state index >= 15 is 0 Å². The lowest BCUT2D eigenvalue weighted by atomic mass is 10.1. The molecule has 0 atom stereocenters. The van der Waals surface area contributed by atoms with Crippen LogP contribution in [-0.2, 0) is 4.79 Å². The zero-order valence-corrected chi connectivity index (χ0v) is 13.1. The maximum atomic E-state index is 10.8. The third-order valence-electron chi connectivity index (χ3n) is 3.58. The first kappa shape index (κ1) is 17.5. The van der Waals surface area contributed by atoms with Crippen LogP contribution < -0.4 is 10.8 Å². The minimum atomic E-state index is -0.453. The Hall–Kier alpha value is -2.81. The number of hydroxylamine groups is 1. The number of benzene rings is 1. The number of nitro benzene ring substituents is 1. The molecular weight excluding hydrogens is 314 g/mol. The molecule has 0 saturated carbocycles. The Morgan fingerprint density at radius 1 is 1.21 bits per heavy atom. The van der Waals surface area contributed by atoms with Gasteiger partial charge in [-0.2, -0.15) is 0 Å². The van der Waals surface area contributed by atoms with Gasteiger partial charge in [0.1, 0.15) is 12.1 Å². The summed E-state index contributed by atoms with van der Waals surface area (Å²) >= 11 is 0. The predicted molar refractivity (Wildman–Crippen MR) is 87.7 cm³/mol. The molecule has 0 unspecified atom stereocenters. The first-order chi connectivity index (χ1) is 11.6. The second-order valence-corrected chi connectivity index (χ2v) is 5.31. The van der Waals surface area contributed by atoms with E-state index in [0.717, 1.165) is 31.1 Å². The summed E-state index contributed by atoms with van der Waals surface area (Å²) in [4.78, 5) is 29.4. The number of aromatic nitrogens is 2. The van der Waals surface area contributed by atoms with Gasteiger partial charge < -0.3 is 5.32 Å². The van der Waals surface area contributed by atoms with Crippen LogP contribution in [0.25, 0.3) is 10.9 Å². The molecule has 3 N–H and O–H groups in total. The Morgan fingerprint density at radius 2 is 2.00 bits per heavy atom. The molecule has 0 radical (unpaired) electrons. The summed E-state index contributed by atoms with van der Waals surface area (Å²) in [6.07, 6.45) is 5.17. The number of rotatable bonds is 9. The van der Waals surface area contributed by atoms with E-state index in [4.69, 9.17) is 5.21 Å². The van der Waals surface area contributed by atoms with Crippen LogP contribution >= 0.6 is 0 Å². The van der Waals surface area contributed by atoms with Crippen LogP contribution in [0.15, 0.2) is 24.5 Å². The summed E-state index contributed by atoms with van der Waals surface area (Å²) in [5.41, 5.74) is 2.13. The topological polar surface area (TPSA) is 130 Å². The lowest BCUT2D eigenvalue weighted by Gasteiger charge is -2.08. The molecule has 9 heteroatoms. The fourth-order valence-corrected chi connectivity index (χ4v) is 2.33. The molecule has 128 valence electrons. The molecule has 9 nitrogen and oxygen atoms in total. The van der Waals surface area contributed by atoms with Gasteiger partial charge in [0.05, 0.1) is 10.4 Å². The van der Waals surface area contributed by atoms with Gasteiger partial charge in [-0.1, -0.05) is 12.8 Å². The molecule has 1 amide bonds. The largest absolute Gasteiger partial charge is 0.369 e. The molecular formula is C15H19N5O4. The van der Waals surface area contributed by atoms with Gasteiger partial charge in [0.15, 0.2) is 0 Å². The zero-order chi connectivity index (χ0) is 17.4. The number of hydrogen-bond acceptors (Lipinski definition) is 7. The Kier molecular flexibility index (Phi) is 6.38. The first-order valence-electron chi connectivity index (χ1n) is 7.68. The molecule has 1 heterocycles. The number of amides is 1. The van der Waals surface area contributed by atoms with E-state index in [1.54, 1.807) is 11.5 Å². The van der Waals surface area contributed by atoms with E-state index in [1.807, 2.05) is 0 Å². The van der Waals surface area contributed by atoms with E-state index in [-0.39, 0.29) is 11.6 Å². The number of anilines is 1. The number of carbonyl (C=O) groups excluding carboxylic acids is 1. The van der Waals surface area contributed by atoms with Gasteiger partial charge >= 0.3 is 0 Å². The molecule has 1 aromatic carbocycles. The van der Waals surface area contributed by atoms with Crippen LogP contribution in [0, 0.1) is 10.1 Å². The lowest BCUT2D eigenvalue weighted by molar-refractivity contribution is -0.384. The standard InChI is InChI=1S/C15H19N5O4/c21-14(19-22)5-3-1-2-4-8-16-15-12-7-6-11(20(23)24)9-13(12)17-10-18-15/h6-7,9-10,22H,1-5,8H2,(H,19,21)(H,16,17,18). The van der Waals surface area contributed by atoms with Crippen molar-refractivity contribution in [2.75, 3.05) is 11.9 Å². The average molecular weight is 333 g/mol. The number of carbonyl (C=O) groups is 1. The van der Waals surface area contributed by atoms with Crippen molar-refractivity contribution in [3.05, 3.63) is 34.6 Å². The van der Waals surface area contributed by atoms with E-state index in [9.17, 15) is 14.9 Å². The maximum absolute atomic E-state index is 10.8. The van der Waals surface area contributed by atoms with Crippen molar-refractivity contribution in [2.24, 2.45) is 0 Å². The molecule has 24 heavy (non-hydrogen) atoms. The highest BCUT2D eigenvalue weighted by Gasteiger charge is 2.09. The van der Waals surface area contributed by atoms with Crippen molar-refractivity contribution in [3.63, 3.8) is 0 Å². The van der Waals surface area contributed by atoms with Crippen LogP contribution in [0.3, 0.4) is 0 Å². The number of non-ortho nitro benzene ring substituents is 1. The van der Waals surface area contributed by atoms with E-state index in [1.165, 1.54) is 18.5 Å². The number of unbranched alkanes of at least 4 members (excludes halogenated alkanes) is 3. The molecule has 2 aromatic rings. The molecule has 0 spiro atoms. The van der Waals surface area contributed by atoms with Crippen molar-refractivity contribution in [3.8, 4) is 0 Å². The number of fused-ring (bicyclic) bond motifs is 1. The SMILES string of the molecule is O=C(CCCCCCNc1ncnc2cc([N+](=O)[O-])ccc12)NO. The van der Waals surface area contributed by atoms with Crippen LogP contribution in [0.2, 0.25) is 0 Å². The molecule has 0 aliphatic carbocycles. The quantitative estimate of drug-likeness (QED) is 0.278. The summed E-state index contributed by atoms with van der Waals surface area (Å²) in [5.74, 6) is 0.282. The first-order valence-corrected chi connectivity index (χ1v) is 7.68. The zero-order valence-electron chi connectivity index (χ0n) is 13.1. The fraction of sp³-hybridized carbons (Fsp3) is 0.400. The van der Waals surface area contributed by atoms with Crippen molar-refractivity contribution < 1.29 is 14.9 Å². The van der Waals surface area contributed by atoms with Crippen LogP contribution in [-0.4, -0.2) is 32.6 Å². The lowest BCUT2D eigenvalue weighted by Crippen LogP contribution is -2.17. The summed E-state index contributed by atoms with van der Waals surface area (Å²) in [6, 6.07) is 4.50. The smallest absolute Gasteiger partial charge is 0.271 e. The number of nitro groups is 1. The summed E-state index contributed by atoms with van der Waals surface area (Å²) in [6.45, 7) is 0.704. The summed E-state index contributed by atoms with van der Waals surface area (Å²) < 4.78 is 0. The van der Waals surface area contributed by atoms with Crippen molar-refractivity contribution >= 4 is 28.3 Å². The van der Waals surface area contributed by atoms with Gasteiger partial charge in [0.25, 0.3) is 5.69 Å². The van der Waals surface area contributed by atoms with Crippen LogP contribution in [0.4, 0.5) is 11.5 Å². The van der Waals surface area contributed by atoms with Crippen LogP contribution in [0.5, 0.6) is 0 Å². The van der Waals surface area contributed by atoms with Crippen molar-refractivity contribution in [1.29, 1.82) is 0 Å². The highest BCUT2D eigenvalue weighted by atomic mass is 16.6. The van der Waals surface area contributed by atoms with Crippen molar-refractivity contribution in [2.45, 2.75) is 32.1 Å². The molecule has 0 bridgehead atoms. The van der Waals surface area contributed by atoms with Gasteiger partial charge in [-0.3, -0.25) is 20.1 Å². The third-order valence-corrected chi connectivity index (χ3v) is 3.58. The third kappa shape index (κ3) is 4.85. The molecule has 1 aromatic heterocycles. The monoisotopic (exact) mass is 333 g/mol. The highest BCUT2D eigenvalue weighted by Crippen LogP contribution is 2.23. The fourth-order valence-electron chi connectivity index (χ4n) is 2.33. The van der Waals surface area contributed by atoms with E-state index in [0.29, 0.717) is 24.3 Å². The minimum absolute atomic E-state index is 0.000865. The second-order valence-electron chi connectivity index (χ2n) is 5.31. The molecule has 0 aliphatic heterocycles. The molecule has 0 aliphatic rings. The van der Waals surface area contributed by atoms with Gasteiger partial charge in [-0.05, 0) is 18.9 Å². The molecule has 2 rings (SSSR count). The highest BCUT2D eigenvalue weighted by molar-refractivity contribution is 5.90. The number of hydrogen-bond donors (Lipinski definition) is 3. The predicted octanol–water partition coefficient (Wildman–Crippen LogP) is 2.41. The van der Waals surface area contributed by atoms with E-state index < -0.39 is 4.92 Å². The number of nitrogens with one attached hydrogen (secondary N) is 2. The maximum Gasteiger partial charge on any atom is 0.271 e. The Morgan fingerprint density at radius 3 is 2.75 bits per heavy atom. The van der Waals surface area contributed by atoms with E-state index in [2.05, 4.69) is 15.3 Å². The minimum Gasteiger partial charge on any atom is -0.369 e. The molecule has 0 saturated heterocycles. The Bertz CT molecular complexity index is 722. The second kappa shape index (κ2) is 8.73. The van der Waals surface area contributed by atoms with Gasteiger partial charge in [-0.25, -0.2) is 15.4 Å². The van der Waals surface area contributed by atoms with Gasteiger partial charge in [-0.15, -0.1) is 0 Å². The summed E-state index contributed by atoms with van der Waals surface area (Å²) in [5, 5.41) is 23.1. The number of nitrogens with zero attached hydrogens (tertiary/aromatic N) is 3. The van der Waals surface area contributed by atoms with Crippen molar-refractivity contribution in [1.82, 2.24) is 15.4 Å². The normalized spacial score (nSPS) is 10.5. The average Bonchev–Trinajstić information content (AvgIpc) is 2.60. The van der Waals surface area contributed by atoms with Crippen LogP contribution in [0.1, 0.15) is 32.1 Å². The van der Waals surface area contributed by atoms with Gasteiger partial charge in [0, 0.05) is 30.5 Å². The molecule has 0 fully saturated rings. The summed E-state index contributed by atoms with van der Waals surface area (Å²) in [7, 11) is 0. The van der Waals surface area contributed by atoms with Gasteiger partial charge in [0.2, 0.25) is 5.91 Å².